The fourth-order valence-corrected chi connectivity index (χ4v) is 2.19. The molecule has 0 atom stereocenters. The van der Waals surface area contributed by atoms with E-state index in [2.05, 4.69) is 9.97 Å². The Hall–Kier alpha value is -1.75. The minimum atomic E-state index is -0.0200. The lowest BCUT2D eigenvalue weighted by Gasteiger charge is -2.15. The zero-order valence-electron chi connectivity index (χ0n) is 10.5. The van der Waals surface area contributed by atoms with Crippen molar-refractivity contribution >= 4 is 17.2 Å². The Morgan fingerprint density at radius 2 is 2.11 bits per heavy atom. The van der Waals surface area contributed by atoms with Crippen molar-refractivity contribution in [1.29, 1.82) is 0 Å². The minimum Gasteiger partial charge on any atom is -0.340 e. The highest BCUT2D eigenvalue weighted by Gasteiger charge is 2.14. The van der Waals surface area contributed by atoms with Gasteiger partial charge in [-0.2, -0.15) is 0 Å². The predicted molar refractivity (Wildman–Crippen MR) is 71.8 cm³/mol. The van der Waals surface area contributed by atoms with E-state index < -0.39 is 0 Å². The number of nitrogens with zero attached hydrogens (tertiary/aromatic N) is 3. The Balaban J connectivity index is 1.92. The molecule has 94 valence electrons. The molecule has 18 heavy (non-hydrogen) atoms. The molecule has 0 fully saturated rings. The van der Waals surface area contributed by atoms with Crippen molar-refractivity contribution in [3.63, 3.8) is 0 Å². The highest BCUT2D eigenvalue weighted by molar-refractivity contribution is 7.09. The van der Waals surface area contributed by atoms with Gasteiger partial charge >= 0.3 is 0 Å². The van der Waals surface area contributed by atoms with Gasteiger partial charge in [-0.25, -0.2) is 4.98 Å². The minimum absolute atomic E-state index is 0.0200. The van der Waals surface area contributed by atoms with Gasteiger partial charge in [0.2, 0.25) is 0 Å². The molecule has 2 rings (SSSR count). The highest BCUT2D eigenvalue weighted by Crippen LogP contribution is 2.10. The van der Waals surface area contributed by atoms with E-state index in [1.54, 1.807) is 29.7 Å². The molecule has 2 aromatic rings. The molecule has 0 aliphatic rings. The standard InChI is InChI=1S/C13H15N3OS/c1-10-15-12(9-18-10)13(17)16(2)8-5-11-3-6-14-7-4-11/h3-4,6-7,9H,5,8H2,1-2H3. The van der Waals surface area contributed by atoms with Gasteiger partial charge in [-0.15, -0.1) is 11.3 Å². The summed E-state index contributed by atoms with van der Waals surface area (Å²) in [6.45, 7) is 2.58. The second kappa shape index (κ2) is 5.73. The number of likely N-dealkylation sites (N-methyl/N-ethyl adjacent to an activating group) is 1. The van der Waals surface area contributed by atoms with Crippen LogP contribution in [0.3, 0.4) is 0 Å². The summed E-state index contributed by atoms with van der Waals surface area (Å²) < 4.78 is 0. The molecule has 0 saturated heterocycles. The highest BCUT2D eigenvalue weighted by atomic mass is 32.1. The van der Waals surface area contributed by atoms with E-state index in [-0.39, 0.29) is 5.91 Å². The van der Waals surface area contributed by atoms with Crippen LogP contribution in [-0.2, 0) is 6.42 Å². The third kappa shape index (κ3) is 3.13. The van der Waals surface area contributed by atoms with Crippen LogP contribution in [0, 0.1) is 6.92 Å². The van der Waals surface area contributed by atoms with Gasteiger partial charge in [0.05, 0.1) is 5.01 Å². The Kier molecular flexibility index (Phi) is 4.04. The fourth-order valence-electron chi connectivity index (χ4n) is 1.61. The van der Waals surface area contributed by atoms with Crippen LogP contribution in [0.4, 0.5) is 0 Å². The summed E-state index contributed by atoms with van der Waals surface area (Å²) in [6, 6.07) is 3.93. The number of carbonyl (C=O) groups excluding carboxylic acids is 1. The number of thiazole rings is 1. The van der Waals surface area contributed by atoms with Crippen LogP contribution in [0.25, 0.3) is 0 Å². The van der Waals surface area contributed by atoms with Gasteiger partial charge in [-0.05, 0) is 31.0 Å². The van der Waals surface area contributed by atoms with Crippen molar-refractivity contribution in [2.75, 3.05) is 13.6 Å². The zero-order valence-corrected chi connectivity index (χ0v) is 11.3. The molecule has 0 radical (unpaired) electrons. The summed E-state index contributed by atoms with van der Waals surface area (Å²) in [6.07, 6.45) is 4.36. The number of rotatable bonds is 4. The van der Waals surface area contributed by atoms with Crippen LogP contribution in [0.15, 0.2) is 29.9 Å². The van der Waals surface area contributed by atoms with Crippen molar-refractivity contribution in [3.05, 3.63) is 46.2 Å². The van der Waals surface area contributed by atoms with Crippen LogP contribution in [0.2, 0.25) is 0 Å². The smallest absolute Gasteiger partial charge is 0.273 e. The van der Waals surface area contributed by atoms with Gasteiger partial charge in [-0.1, -0.05) is 0 Å². The maximum atomic E-state index is 12.0. The molecule has 0 aliphatic heterocycles. The summed E-state index contributed by atoms with van der Waals surface area (Å²) >= 11 is 1.50. The van der Waals surface area contributed by atoms with E-state index in [4.69, 9.17) is 0 Å². The molecule has 1 amide bonds. The lowest BCUT2D eigenvalue weighted by molar-refractivity contribution is 0.0791. The van der Waals surface area contributed by atoms with Crippen molar-refractivity contribution in [3.8, 4) is 0 Å². The lowest BCUT2D eigenvalue weighted by Crippen LogP contribution is -2.29. The SMILES string of the molecule is Cc1nc(C(=O)N(C)CCc2ccncc2)cs1. The Bertz CT molecular complexity index is 524. The monoisotopic (exact) mass is 261 g/mol. The van der Waals surface area contributed by atoms with E-state index in [9.17, 15) is 4.79 Å². The first kappa shape index (κ1) is 12.7. The lowest BCUT2D eigenvalue weighted by atomic mass is 10.2. The van der Waals surface area contributed by atoms with Gasteiger partial charge in [0.15, 0.2) is 0 Å². The molecular weight excluding hydrogens is 246 g/mol. The number of pyridine rings is 1. The maximum Gasteiger partial charge on any atom is 0.273 e. The Morgan fingerprint density at radius 3 is 2.72 bits per heavy atom. The number of hydrogen-bond acceptors (Lipinski definition) is 4. The largest absolute Gasteiger partial charge is 0.340 e. The predicted octanol–water partition coefficient (Wildman–Crippen LogP) is 2.16. The summed E-state index contributed by atoms with van der Waals surface area (Å²) in [5.74, 6) is -0.0200. The van der Waals surface area contributed by atoms with Crippen LogP contribution in [0.5, 0.6) is 0 Å². The zero-order chi connectivity index (χ0) is 13.0. The van der Waals surface area contributed by atoms with E-state index in [1.807, 2.05) is 19.1 Å². The van der Waals surface area contributed by atoms with Crippen molar-refractivity contribution in [2.45, 2.75) is 13.3 Å². The number of hydrogen-bond donors (Lipinski definition) is 0. The second-order valence-electron chi connectivity index (χ2n) is 4.08. The normalized spacial score (nSPS) is 10.3. The van der Waals surface area contributed by atoms with Gasteiger partial charge in [0.1, 0.15) is 5.69 Å². The molecule has 0 bridgehead atoms. The number of carbonyl (C=O) groups is 1. The Morgan fingerprint density at radius 1 is 1.39 bits per heavy atom. The number of aromatic nitrogens is 2. The molecule has 5 heteroatoms. The first-order valence-electron chi connectivity index (χ1n) is 5.73. The topological polar surface area (TPSA) is 46.1 Å². The van der Waals surface area contributed by atoms with Gasteiger partial charge in [0, 0.05) is 31.4 Å². The van der Waals surface area contributed by atoms with Gasteiger partial charge in [-0.3, -0.25) is 9.78 Å². The average Bonchev–Trinajstić information content (AvgIpc) is 2.83. The second-order valence-corrected chi connectivity index (χ2v) is 5.15. The van der Waals surface area contributed by atoms with Crippen LogP contribution in [0.1, 0.15) is 21.1 Å². The molecule has 0 N–H and O–H groups in total. The van der Waals surface area contributed by atoms with Crippen molar-refractivity contribution in [2.24, 2.45) is 0 Å². The third-order valence-corrected chi connectivity index (χ3v) is 3.44. The van der Waals surface area contributed by atoms with Crippen molar-refractivity contribution in [1.82, 2.24) is 14.9 Å². The van der Waals surface area contributed by atoms with Crippen LogP contribution in [-0.4, -0.2) is 34.4 Å². The molecule has 0 aromatic carbocycles. The summed E-state index contributed by atoms with van der Waals surface area (Å²) in [4.78, 5) is 21.9. The molecular formula is C13H15N3OS. The maximum absolute atomic E-state index is 12.0. The molecule has 2 heterocycles. The van der Waals surface area contributed by atoms with Crippen LogP contribution < -0.4 is 0 Å². The quantitative estimate of drug-likeness (QED) is 0.847. The van der Waals surface area contributed by atoms with Gasteiger partial charge in [0.25, 0.3) is 5.91 Å². The summed E-state index contributed by atoms with van der Waals surface area (Å²) in [7, 11) is 1.80. The van der Waals surface area contributed by atoms with Crippen molar-refractivity contribution < 1.29 is 4.79 Å². The first-order chi connectivity index (χ1) is 8.66. The Labute approximate surface area is 110 Å². The molecule has 0 saturated carbocycles. The van der Waals surface area contributed by atoms with E-state index >= 15 is 0 Å². The molecule has 4 nitrogen and oxygen atoms in total. The van der Waals surface area contributed by atoms with Crippen LogP contribution >= 0.6 is 11.3 Å². The number of aryl methyl sites for hydroxylation is 1. The molecule has 2 aromatic heterocycles. The molecule has 0 spiro atoms. The average molecular weight is 261 g/mol. The van der Waals surface area contributed by atoms with Gasteiger partial charge < -0.3 is 4.90 Å². The van der Waals surface area contributed by atoms with E-state index in [0.29, 0.717) is 12.2 Å². The van der Waals surface area contributed by atoms with E-state index in [1.165, 1.54) is 16.9 Å². The summed E-state index contributed by atoms with van der Waals surface area (Å²) in [5.41, 5.74) is 1.72. The fraction of sp³-hybridized carbons (Fsp3) is 0.308. The number of amides is 1. The van der Waals surface area contributed by atoms with E-state index in [0.717, 1.165) is 11.4 Å². The molecule has 0 aliphatic carbocycles. The first-order valence-corrected chi connectivity index (χ1v) is 6.61. The summed E-state index contributed by atoms with van der Waals surface area (Å²) in [5, 5.41) is 2.72. The third-order valence-electron chi connectivity index (χ3n) is 2.67. The molecule has 0 unspecified atom stereocenters.